The minimum atomic E-state index is -0.350. The van der Waals surface area contributed by atoms with Crippen LogP contribution in [0.1, 0.15) is 49.3 Å². The number of benzene rings is 2. The minimum absolute atomic E-state index is 0.0696. The lowest BCUT2D eigenvalue weighted by Gasteiger charge is -2.22. The van der Waals surface area contributed by atoms with Crippen LogP contribution in [0, 0.1) is 19.7 Å². The number of aromatic nitrogens is 2. The van der Waals surface area contributed by atoms with Gasteiger partial charge in [-0.2, -0.15) is 5.10 Å². The van der Waals surface area contributed by atoms with Crippen LogP contribution in [0.2, 0.25) is 0 Å². The largest absolute Gasteiger partial charge is 0.489 e. The Kier molecular flexibility index (Phi) is 6.38. The zero-order chi connectivity index (χ0) is 21.0. The summed E-state index contributed by atoms with van der Waals surface area (Å²) in [5.41, 5.74) is 4.39. The molecule has 2 aromatic carbocycles. The van der Waals surface area contributed by atoms with Gasteiger partial charge in [-0.25, -0.2) is 4.39 Å². The summed E-state index contributed by atoms with van der Waals surface area (Å²) >= 11 is 0. The van der Waals surface area contributed by atoms with Crippen LogP contribution in [-0.4, -0.2) is 16.4 Å². The molecular weight excluding hydrogens is 365 g/mol. The normalized spacial score (nSPS) is 12.8. The van der Waals surface area contributed by atoms with Crippen LogP contribution in [0.15, 0.2) is 54.6 Å². The lowest BCUT2D eigenvalue weighted by atomic mass is 10.1. The second-order valence-corrected chi connectivity index (χ2v) is 8.32. The molecule has 0 spiro atoms. The summed E-state index contributed by atoms with van der Waals surface area (Å²) < 4.78 is 21.8. The van der Waals surface area contributed by atoms with E-state index in [4.69, 9.17) is 9.84 Å². The number of hydrogen-bond donors (Lipinski definition) is 1. The molecule has 0 bridgehead atoms. The van der Waals surface area contributed by atoms with E-state index in [0.717, 1.165) is 17.0 Å². The average molecular weight is 396 g/mol. The van der Waals surface area contributed by atoms with E-state index in [1.54, 1.807) is 18.2 Å². The Balaban J connectivity index is 1.78. The molecule has 5 heteroatoms. The van der Waals surface area contributed by atoms with Gasteiger partial charge in [-0.3, -0.25) is 4.68 Å². The molecule has 0 aliphatic rings. The van der Waals surface area contributed by atoms with Crippen molar-refractivity contribution in [1.29, 1.82) is 0 Å². The summed E-state index contributed by atoms with van der Waals surface area (Å²) in [6.07, 6.45) is 0. The molecule has 0 radical (unpaired) electrons. The number of para-hydroxylation sites is 1. The van der Waals surface area contributed by atoms with Crippen LogP contribution >= 0.6 is 0 Å². The minimum Gasteiger partial charge on any atom is -0.489 e. The average Bonchev–Trinajstić information content (AvgIpc) is 2.98. The predicted octanol–water partition coefficient (Wildman–Crippen LogP) is 5.30. The smallest absolute Gasteiger partial charge is 0.165 e. The van der Waals surface area contributed by atoms with Crippen LogP contribution in [0.3, 0.4) is 0 Å². The Morgan fingerprint density at radius 3 is 2.31 bits per heavy atom. The van der Waals surface area contributed by atoms with E-state index in [9.17, 15) is 4.39 Å². The first kappa shape index (κ1) is 21.1. The number of ether oxygens (including phenoxy) is 1. The second-order valence-electron chi connectivity index (χ2n) is 8.32. The van der Waals surface area contributed by atoms with Crippen molar-refractivity contribution < 1.29 is 9.13 Å². The fourth-order valence-electron chi connectivity index (χ4n) is 3.50. The standard InChI is InChI=1S/C24H30FN3O/c1-17-20(18(2)28(27-17)24(3,4)5)15-26-22(19-11-7-6-8-12-19)16-29-23-14-10-9-13-21(23)25/h6-14,22,26H,15-16H2,1-5H3. The Morgan fingerprint density at radius 2 is 1.69 bits per heavy atom. The van der Waals surface area contributed by atoms with Gasteiger partial charge in [-0.05, 0) is 52.3 Å². The third kappa shape index (κ3) is 5.04. The van der Waals surface area contributed by atoms with Crippen LogP contribution in [-0.2, 0) is 12.1 Å². The number of rotatable bonds is 7. The molecule has 1 unspecified atom stereocenters. The Bertz CT molecular complexity index is 945. The number of aryl methyl sites for hydroxylation is 1. The molecule has 3 aromatic rings. The van der Waals surface area contributed by atoms with Crippen LogP contribution in [0.25, 0.3) is 0 Å². The SMILES string of the molecule is Cc1nn(C(C)(C)C)c(C)c1CNC(COc1ccccc1F)c1ccccc1. The lowest BCUT2D eigenvalue weighted by Crippen LogP contribution is -2.27. The maximum atomic E-state index is 14.0. The van der Waals surface area contributed by atoms with Crippen molar-refractivity contribution in [2.45, 2.75) is 52.7 Å². The van der Waals surface area contributed by atoms with Gasteiger partial charge < -0.3 is 10.1 Å². The van der Waals surface area contributed by atoms with Crippen molar-refractivity contribution in [2.75, 3.05) is 6.61 Å². The van der Waals surface area contributed by atoms with Gasteiger partial charge in [0.15, 0.2) is 11.6 Å². The van der Waals surface area contributed by atoms with Gasteiger partial charge >= 0.3 is 0 Å². The number of hydrogen-bond acceptors (Lipinski definition) is 3. The Hall–Kier alpha value is -2.66. The van der Waals surface area contributed by atoms with E-state index in [-0.39, 0.29) is 23.1 Å². The molecular formula is C24H30FN3O. The molecule has 1 heterocycles. The van der Waals surface area contributed by atoms with Crippen molar-refractivity contribution in [3.05, 3.63) is 82.9 Å². The topological polar surface area (TPSA) is 39.1 Å². The first-order valence-electron chi connectivity index (χ1n) is 9.98. The van der Waals surface area contributed by atoms with Crippen molar-refractivity contribution in [1.82, 2.24) is 15.1 Å². The third-order valence-electron chi connectivity index (χ3n) is 5.05. The highest BCUT2D eigenvalue weighted by Gasteiger charge is 2.22. The van der Waals surface area contributed by atoms with E-state index in [2.05, 4.69) is 49.8 Å². The van der Waals surface area contributed by atoms with Crippen LogP contribution in [0.4, 0.5) is 4.39 Å². The Morgan fingerprint density at radius 1 is 1.03 bits per heavy atom. The summed E-state index contributed by atoms with van der Waals surface area (Å²) in [4.78, 5) is 0. The summed E-state index contributed by atoms with van der Waals surface area (Å²) in [7, 11) is 0. The van der Waals surface area contributed by atoms with Gasteiger partial charge in [0.2, 0.25) is 0 Å². The highest BCUT2D eigenvalue weighted by Crippen LogP contribution is 2.23. The molecule has 154 valence electrons. The lowest BCUT2D eigenvalue weighted by molar-refractivity contribution is 0.254. The fourth-order valence-corrected chi connectivity index (χ4v) is 3.50. The second kappa shape index (κ2) is 8.78. The van der Waals surface area contributed by atoms with E-state index < -0.39 is 0 Å². The van der Waals surface area contributed by atoms with Crippen LogP contribution < -0.4 is 10.1 Å². The maximum absolute atomic E-state index is 14.0. The molecule has 3 rings (SSSR count). The first-order valence-corrected chi connectivity index (χ1v) is 9.98. The summed E-state index contributed by atoms with van der Waals surface area (Å²) in [6.45, 7) is 11.6. The third-order valence-corrected chi connectivity index (χ3v) is 5.05. The van der Waals surface area contributed by atoms with E-state index in [1.165, 1.54) is 11.6 Å². The zero-order valence-electron chi connectivity index (χ0n) is 17.9. The maximum Gasteiger partial charge on any atom is 0.165 e. The molecule has 29 heavy (non-hydrogen) atoms. The summed E-state index contributed by atoms with van der Waals surface area (Å²) in [5, 5.41) is 8.32. The van der Waals surface area contributed by atoms with Gasteiger partial charge in [-0.1, -0.05) is 42.5 Å². The molecule has 1 aromatic heterocycles. The van der Waals surface area contributed by atoms with Crippen molar-refractivity contribution in [3.8, 4) is 5.75 Å². The first-order chi connectivity index (χ1) is 13.8. The van der Waals surface area contributed by atoms with Crippen molar-refractivity contribution in [2.24, 2.45) is 0 Å². The molecule has 0 aliphatic carbocycles. The highest BCUT2D eigenvalue weighted by molar-refractivity contribution is 5.27. The summed E-state index contributed by atoms with van der Waals surface area (Å²) in [6, 6.07) is 16.5. The molecule has 0 saturated heterocycles. The van der Waals surface area contributed by atoms with Gasteiger partial charge in [0.1, 0.15) is 6.61 Å². The van der Waals surface area contributed by atoms with Crippen molar-refractivity contribution >= 4 is 0 Å². The monoisotopic (exact) mass is 395 g/mol. The molecule has 0 fully saturated rings. The number of nitrogens with zero attached hydrogens (tertiary/aromatic N) is 2. The van der Waals surface area contributed by atoms with Gasteiger partial charge in [0, 0.05) is 17.8 Å². The van der Waals surface area contributed by atoms with E-state index in [1.807, 2.05) is 25.1 Å². The van der Waals surface area contributed by atoms with Gasteiger partial charge in [0.25, 0.3) is 0 Å². The molecule has 0 aliphatic heterocycles. The molecule has 4 nitrogen and oxygen atoms in total. The fraction of sp³-hybridized carbons (Fsp3) is 0.375. The highest BCUT2D eigenvalue weighted by atomic mass is 19.1. The molecule has 1 N–H and O–H groups in total. The summed E-state index contributed by atoms with van der Waals surface area (Å²) in [5.74, 6) is -0.0828. The van der Waals surface area contributed by atoms with E-state index >= 15 is 0 Å². The van der Waals surface area contributed by atoms with Gasteiger partial charge in [-0.15, -0.1) is 0 Å². The molecule has 0 amide bonds. The Labute approximate surface area is 172 Å². The number of halogens is 1. The quantitative estimate of drug-likeness (QED) is 0.590. The zero-order valence-corrected chi connectivity index (χ0v) is 17.9. The van der Waals surface area contributed by atoms with Crippen LogP contribution in [0.5, 0.6) is 5.75 Å². The molecule has 1 atom stereocenters. The predicted molar refractivity (Wildman–Crippen MR) is 115 cm³/mol. The van der Waals surface area contributed by atoms with E-state index in [0.29, 0.717) is 13.2 Å². The van der Waals surface area contributed by atoms with Crippen molar-refractivity contribution in [3.63, 3.8) is 0 Å². The number of nitrogens with one attached hydrogen (secondary N) is 1. The molecule has 0 saturated carbocycles. The van der Waals surface area contributed by atoms with Gasteiger partial charge in [0.05, 0.1) is 17.3 Å².